The van der Waals surface area contributed by atoms with Crippen molar-refractivity contribution < 1.29 is 19.1 Å². The van der Waals surface area contributed by atoms with Crippen molar-refractivity contribution in [3.8, 4) is 0 Å². The van der Waals surface area contributed by atoms with Crippen LogP contribution in [0.25, 0.3) is 0 Å². The molecule has 5 nitrogen and oxygen atoms in total. The third kappa shape index (κ3) is 15.1. The predicted molar refractivity (Wildman–Crippen MR) is 105 cm³/mol. The molecule has 25 heavy (non-hydrogen) atoms. The zero-order valence-electron chi connectivity index (χ0n) is 16.3. The molecule has 0 saturated carbocycles. The van der Waals surface area contributed by atoms with Gasteiger partial charge in [0.25, 0.3) is 0 Å². The number of esters is 1. The normalized spacial score (nSPS) is 11.8. The van der Waals surface area contributed by atoms with Crippen LogP contribution in [0.5, 0.6) is 0 Å². The van der Waals surface area contributed by atoms with Gasteiger partial charge in [0.15, 0.2) is 0 Å². The van der Waals surface area contributed by atoms with Gasteiger partial charge in [-0.25, -0.2) is 9.59 Å². The number of carbonyl (C=O) groups excluding carboxylic acids is 2. The first-order chi connectivity index (χ1) is 12.2. The van der Waals surface area contributed by atoms with Crippen LogP contribution in [0.2, 0.25) is 0 Å². The minimum absolute atomic E-state index is 0.286. The third-order valence-electron chi connectivity index (χ3n) is 3.95. The van der Waals surface area contributed by atoms with Crippen LogP contribution in [-0.4, -0.2) is 43.3 Å². The van der Waals surface area contributed by atoms with Crippen molar-refractivity contribution in [2.75, 3.05) is 25.2 Å². The van der Waals surface area contributed by atoms with E-state index in [-0.39, 0.29) is 12.6 Å². The summed E-state index contributed by atoms with van der Waals surface area (Å²) in [4.78, 5) is 23.6. The Hall–Kier alpha value is -0.910. The van der Waals surface area contributed by atoms with Crippen molar-refractivity contribution in [1.82, 2.24) is 5.32 Å². The summed E-state index contributed by atoms with van der Waals surface area (Å²) in [6.07, 6.45) is 13.0. The van der Waals surface area contributed by atoms with E-state index in [4.69, 9.17) is 9.47 Å². The van der Waals surface area contributed by atoms with Gasteiger partial charge in [0, 0.05) is 0 Å². The van der Waals surface area contributed by atoms with Crippen molar-refractivity contribution in [2.24, 2.45) is 0 Å². The topological polar surface area (TPSA) is 64.6 Å². The lowest BCUT2D eigenvalue weighted by atomic mass is 10.1. The van der Waals surface area contributed by atoms with Gasteiger partial charge in [-0.15, -0.1) is 0 Å². The highest BCUT2D eigenvalue weighted by atomic mass is 32.2. The fraction of sp³-hybridized carbons (Fsp3) is 0.895. The Labute approximate surface area is 158 Å². The van der Waals surface area contributed by atoms with Crippen molar-refractivity contribution in [3.05, 3.63) is 0 Å². The number of hydrogen-bond donors (Lipinski definition) is 1. The van der Waals surface area contributed by atoms with Gasteiger partial charge >= 0.3 is 12.1 Å². The number of hydrogen-bond acceptors (Lipinski definition) is 5. The van der Waals surface area contributed by atoms with Gasteiger partial charge in [-0.1, -0.05) is 58.3 Å². The van der Waals surface area contributed by atoms with Crippen molar-refractivity contribution in [3.63, 3.8) is 0 Å². The van der Waals surface area contributed by atoms with E-state index in [1.165, 1.54) is 44.9 Å². The highest BCUT2D eigenvalue weighted by Crippen LogP contribution is 2.10. The molecule has 0 radical (unpaired) electrons. The Morgan fingerprint density at radius 3 is 2.08 bits per heavy atom. The fourth-order valence-corrected chi connectivity index (χ4v) is 2.96. The standard InChI is InChI=1S/C19H37NO4S/c1-4-6-7-8-9-10-11-12-13-15-24-18(21)17(14-16-25-3)20-19(22)23-5-2/h17H,4-16H2,1-3H3,(H,20,22)/t17-/m0/s1. The molecule has 1 atom stereocenters. The Kier molecular flexibility index (Phi) is 17.2. The number of carbonyl (C=O) groups is 2. The predicted octanol–water partition coefficient (Wildman–Crippen LogP) is 4.93. The van der Waals surface area contributed by atoms with E-state index >= 15 is 0 Å². The molecule has 148 valence electrons. The number of thioether (sulfide) groups is 1. The first kappa shape index (κ1) is 24.1. The lowest BCUT2D eigenvalue weighted by Crippen LogP contribution is -2.42. The molecule has 0 fully saturated rings. The summed E-state index contributed by atoms with van der Waals surface area (Å²) >= 11 is 1.63. The number of alkyl carbamates (subject to hydrolysis) is 1. The number of nitrogens with one attached hydrogen (secondary N) is 1. The molecule has 0 spiro atoms. The van der Waals surface area contributed by atoms with E-state index < -0.39 is 12.1 Å². The molecule has 6 heteroatoms. The molecule has 0 unspecified atom stereocenters. The monoisotopic (exact) mass is 375 g/mol. The first-order valence-electron chi connectivity index (χ1n) is 9.74. The maximum absolute atomic E-state index is 12.1. The summed E-state index contributed by atoms with van der Waals surface area (Å²) < 4.78 is 10.2. The lowest BCUT2D eigenvalue weighted by molar-refractivity contribution is -0.146. The number of ether oxygens (including phenoxy) is 2. The third-order valence-corrected chi connectivity index (χ3v) is 4.60. The summed E-state index contributed by atoms with van der Waals surface area (Å²) in [7, 11) is 0. The summed E-state index contributed by atoms with van der Waals surface area (Å²) in [5, 5.41) is 2.59. The van der Waals surface area contributed by atoms with Crippen LogP contribution < -0.4 is 5.32 Å². The van der Waals surface area contributed by atoms with Crippen LogP contribution in [0.3, 0.4) is 0 Å². The fourth-order valence-electron chi connectivity index (χ4n) is 2.49. The van der Waals surface area contributed by atoms with Crippen LogP contribution >= 0.6 is 11.8 Å². The maximum atomic E-state index is 12.1. The number of amides is 1. The van der Waals surface area contributed by atoms with Crippen LogP contribution in [0.4, 0.5) is 4.79 Å². The van der Waals surface area contributed by atoms with E-state index in [1.54, 1.807) is 18.7 Å². The molecule has 0 aliphatic rings. The second-order valence-corrected chi connectivity index (χ2v) is 7.18. The second kappa shape index (κ2) is 17.9. The molecular weight excluding hydrogens is 338 g/mol. The maximum Gasteiger partial charge on any atom is 0.407 e. The second-order valence-electron chi connectivity index (χ2n) is 6.19. The van der Waals surface area contributed by atoms with E-state index in [9.17, 15) is 9.59 Å². The molecule has 1 amide bonds. The molecule has 1 N–H and O–H groups in total. The highest BCUT2D eigenvalue weighted by Gasteiger charge is 2.22. The van der Waals surface area contributed by atoms with Crippen molar-refractivity contribution in [2.45, 2.75) is 84.1 Å². The largest absolute Gasteiger partial charge is 0.464 e. The molecule has 0 rings (SSSR count). The zero-order valence-corrected chi connectivity index (χ0v) is 17.1. The summed E-state index contributed by atoms with van der Waals surface area (Å²) in [6, 6.07) is -0.620. The Morgan fingerprint density at radius 1 is 0.920 bits per heavy atom. The van der Waals surface area contributed by atoms with E-state index in [2.05, 4.69) is 12.2 Å². The Bertz CT molecular complexity index is 339. The van der Waals surface area contributed by atoms with Crippen LogP contribution in [0, 0.1) is 0 Å². The van der Waals surface area contributed by atoms with E-state index in [0.717, 1.165) is 18.6 Å². The molecule has 0 saturated heterocycles. The summed E-state index contributed by atoms with van der Waals surface area (Å²) in [6.45, 7) is 4.68. The highest BCUT2D eigenvalue weighted by molar-refractivity contribution is 7.98. The van der Waals surface area contributed by atoms with E-state index in [0.29, 0.717) is 13.0 Å². The molecule has 0 heterocycles. The SMILES string of the molecule is CCCCCCCCCCCOC(=O)[C@H](CCSC)NC(=O)OCC. The molecular formula is C19H37NO4S. The van der Waals surface area contributed by atoms with Gasteiger partial charge in [0.2, 0.25) is 0 Å². The quantitative estimate of drug-likeness (QED) is 0.306. The number of unbranched alkanes of at least 4 members (excludes halogenated alkanes) is 8. The minimum atomic E-state index is -0.620. The smallest absolute Gasteiger partial charge is 0.407 e. The van der Waals surface area contributed by atoms with Gasteiger partial charge < -0.3 is 14.8 Å². The average Bonchev–Trinajstić information content (AvgIpc) is 2.60. The van der Waals surface area contributed by atoms with Gasteiger partial charge in [0.1, 0.15) is 6.04 Å². The van der Waals surface area contributed by atoms with Gasteiger partial charge in [-0.05, 0) is 31.8 Å². The minimum Gasteiger partial charge on any atom is -0.464 e. The Balaban J connectivity index is 3.80. The van der Waals surface area contributed by atoms with Gasteiger partial charge in [0.05, 0.1) is 13.2 Å². The zero-order chi connectivity index (χ0) is 18.8. The Morgan fingerprint density at radius 2 is 1.52 bits per heavy atom. The molecule has 0 aliphatic carbocycles. The molecule has 0 aromatic heterocycles. The summed E-state index contributed by atoms with van der Waals surface area (Å²) in [5.74, 6) is 0.422. The average molecular weight is 376 g/mol. The molecule has 0 bridgehead atoms. The van der Waals surface area contributed by atoms with Crippen LogP contribution in [-0.2, 0) is 14.3 Å². The van der Waals surface area contributed by atoms with Gasteiger partial charge in [-0.3, -0.25) is 0 Å². The first-order valence-corrected chi connectivity index (χ1v) is 11.1. The summed E-state index contributed by atoms with van der Waals surface area (Å²) in [5.41, 5.74) is 0. The number of rotatable bonds is 16. The van der Waals surface area contributed by atoms with E-state index in [1.807, 2.05) is 6.26 Å². The van der Waals surface area contributed by atoms with Crippen molar-refractivity contribution in [1.29, 1.82) is 0 Å². The van der Waals surface area contributed by atoms with Crippen LogP contribution in [0.1, 0.15) is 78.1 Å². The molecule has 0 aliphatic heterocycles. The van der Waals surface area contributed by atoms with Crippen LogP contribution in [0.15, 0.2) is 0 Å². The lowest BCUT2D eigenvalue weighted by Gasteiger charge is -2.17. The van der Waals surface area contributed by atoms with Crippen molar-refractivity contribution >= 4 is 23.8 Å². The van der Waals surface area contributed by atoms with Gasteiger partial charge in [-0.2, -0.15) is 11.8 Å². The molecule has 0 aromatic carbocycles. The molecule has 0 aromatic rings.